The Bertz CT molecular complexity index is 1180. The molecule has 1 aliphatic rings. The highest BCUT2D eigenvalue weighted by Gasteiger charge is 2.39. The van der Waals surface area contributed by atoms with Crippen LogP contribution in [0.25, 0.3) is 0 Å². The molecule has 8 nitrogen and oxygen atoms in total. The molecule has 2 aromatic rings. The van der Waals surface area contributed by atoms with Gasteiger partial charge in [0.1, 0.15) is 22.5 Å². The fourth-order valence-corrected chi connectivity index (χ4v) is 4.28. The maximum Gasteiger partial charge on any atom is 0.342 e. The predicted octanol–water partition coefficient (Wildman–Crippen LogP) is 3.36. The van der Waals surface area contributed by atoms with Gasteiger partial charge in [-0.1, -0.05) is 35.5 Å². The van der Waals surface area contributed by atoms with Gasteiger partial charge in [-0.25, -0.2) is 9.79 Å². The minimum atomic E-state index is -0.884. The second-order valence-corrected chi connectivity index (χ2v) is 8.44. The largest absolute Gasteiger partial charge is 0.460 e. The molecule has 0 saturated carbocycles. The van der Waals surface area contributed by atoms with Crippen LogP contribution in [0.3, 0.4) is 0 Å². The maximum absolute atomic E-state index is 13.0. The maximum atomic E-state index is 13.0. The average molecular weight is 465 g/mol. The second-order valence-electron chi connectivity index (χ2n) is 7.35. The minimum Gasteiger partial charge on any atom is -0.460 e. The standard InChI is InChI=1S/C24H24N4O4S/c1-14-7-8-18(15(2)11-14)28-23-19(24(30)32-10-9-31-3)20(26)21(33-23)22(29)27-17-6-4-5-16(12-17)13-25/h4-8,11-12,21H,9-10,26H2,1-3H3,(H,27,29)/t21-/m1/s1. The van der Waals surface area contributed by atoms with Crippen molar-refractivity contribution in [2.24, 2.45) is 10.7 Å². The van der Waals surface area contributed by atoms with Crippen LogP contribution in [0, 0.1) is 25.2 Å². The molecular weight excluding hydrogens is 440 g/mol. The van der Waals surface area contributed by atoms with E-state index in [0.29, 0.717) is 22.0 Å². The van der Waals surface area contributed by atoms with Crippen molar-refractivity contribution >= 4 is 40.1 Å². The zero-order valence-corrected chi connectivity index (χ0v) is 19.4. The summed E-state index contributed by atoms with van der Waals surface area (Å²) < 4.78 is 10.2. The zero-order valence-electron chi connectivity index (χ0n) is 18.5. The lowest BCUT2D eigenvalue weighted by molar-refractivity contribution is -0.139. The Morgan fingerprint density at radius 1 is 1.21 bits per heavy atom. The normalized spacial score (nSPS) is 16.5. The van der Waals surface area contributed by atoms with Crippen molar-refractivity contribution in [2.75, 3.05) is 25.6 Å². The third-order valence-electron chi connectivity index (χ3n) is 4.81. The molecular formula is C24H24N4O4S. The molecule has 0 aliphatic carbocycles. The highest BCUT2D eigenvalue weighted by Crippen LogP contribution is 2.36. The molecule has 0 radical (unpaired) electrons. The number of rotatable bonds is 7. The Labute approximate surface area is 196 Å². The van der Waals surface area contributed by atoms with Crippen molar-refractivity contribution in [3.05, 3.63) is 70.4 Å². The van der Waals surface area contributed by atoms with Crippen molar-refractivity contribution in [2.45, 2.75) is 19.1 Å². The van der Waals surface area contributed by atoms with E-state index in [1.165, 1.54) is 7.11 Å². The Morgan fingerprint density at radius 3 is 2.70 bits per heavy atom. The molecule has 3 N–H and O–H groups in total. The van der Waals surface area contributed by atoms with Gasteiger partial charge in [-0.15, -0.1) is 0 Å². The number of nitriles is 1. The zero-order chi connectivity index (χ0) is 24.0. The lowest BCUT2D eigenvalue weighted by Gasteiger charge is -2.11. The number of anilines is 1. The molecule has 1 atom stereocenters. The monoisotopic (exact) mass is 464 g/mol. The third-order valence-corrected chi connectivity index (χ3v) is 6.03. The van der Waals surface area contributed by atoms with Crippen LogP contribution in [0.15, 0.2) is 58.7 Å². The summed E-state index contributed by atoms with van der Waals surface area (Å²) in [7, 11) is 1.50. The Kier molecular flexibility index (Phi) is 7.87. The quantitative estimate of drug-likeness (QED) is 0.475. The van der Waals surface area contributed by atoms with E-state index in [2.05, 4.69) is 10.3 Å². The van der Waals surface area contributed by atoms with Gasteiger partial charge in [-0.05, 0) is 43.7 Å². The van der Waals surface area contributed by atoms with E-state index in [1.807, 2.05) is 38.1 Å². The number of ether oxygens (including phenoxy) is 2. The molecule has 0 saturated heterocycles. The molecule has 9 heteroatoms. The third kappa shape index (κ3) is 5.80. The molecule has 170 valence electrons. The van der Waals surface area contributed by atoms with Crippen molar-refractivity contribution in [1.29, 1.82) is 5.26 Å². The van der Waals surface area contributed by atoms with Gasteiger partial charge in [0, 0.05) is 18.5 Å². The topological polar surface area (TPSA) is 127 Å². The number of hydrogen-bond donors (Lipinski definition) is 2. The van der Waals surface area contributed by atoms with Crippen LogP contribution < -0.4 is 11.1 Å². The Balaban J connectivity index is 1.93. The van der Waals surface area contributed by atoms with Gasteiger partial charge in [0.2, 0.25) is 5.91 Å². The molecule has 0 spiro atoms. The van der Waals surface area contributed by atoms with E-state index in [1.54, 1.807) is 24.3 Å². The number of carbonyl (C=O) groups is 2. The summed E-state index contributed by atoms with van der Waals surface area (Å²) in [4.78, 5) is 30.4. The summed E-state index contributed by atoms with van der Waals surface area (Å²) in [6.07, 6.45) is 0. The number of carbonyl (C=O) groups excluding carboxylic acids is 2. The molecule has 33 heavy (non-hydrogen) atoms. The van der Waals surface area contributed by atoms with E-state index in [-0.39, 0.29) is 24.5 Å². The van der Waals surface area contributed by atoms with Gasteiger partial charge in [0.05, 0.1) is 23.9 Å². The molecule has 0 bridgehead atoms. The smallest absolute Gasteiger partial charge is 0.342 e. The fraction of sp³-hybridized carbons (Fsp3) is 0.250. The second kappa shape index (κ2) is 10.8. The van der Waals surface area contributed by atoms with E-state index < -0.39 is 17.1 Å². The van der Waals surface area contributed by atoms with Gasteiger partial charge < -0.3 is 20.5 Å². The number of hydrogen-bond acceptors (Lipinski definition) is 8. The van der Waals surface area contributed by atoms with Gasteiger partial charge >= 0.3 is 5.97 Å². The lowest BCUT2D eigenvalue weighted by Crippen LogP contribution is -2.29. The molecule has 0 aromatic heterocycles. The number of aryl methyl sites for hydroxylation is 2. The first-order chi connectivity index (χ1) is 15.8. The van der Waals surface area contributed by atoms with Gasteiger partial charge in [-0.2, -0.15) is 5.26 Å². The highest BCUT2D eigenvalue weighted by atomic mass is 32.2. The molecule has 2 aromatic carbocycles. The van der Waals surface area contributed by atoms with Crippen LogP contribution in [-0.2, 0) is 19.1 Å². The van der Waals surface area contributed by atoms with Gasteiger partial charge in [0.15, 0.2) is 0 Å². The number of amides is 1. The van der Waals surface area contributed by atoms with E-state index in [0.717, 1.165) is 22.9 Å². The molecule has 1 aliphatic heterocycles. The van der Waals surface area contributed by atoms with Crippen LogP contribution in [0.4, 0.5) is 11.4 Å². The summed E-state index contributed by atoms with van der Waals surface area (Å²) in [5, 5.41) is 11.3. The van der Waals surface area contributed by atoms with Crippen molar-refractivity contribution in [3.8, 4) is 6.07 Å². The Morgan fingerprint density at radius 2 is 2.00 bits per heavy atom. The number of methoxy groups -OCH3 is 1. The summed E-state index contributed by atoms with van der Waals surface area (Å²) in [6, 6.07) is 14.3. The van der Waals surface area contributed by atoms with Crippen LogP contribution in [0.5, 0.6) is 0 Å². The molecule has 1 amide bonds. The van der Waals surface area contributed by atoms with E-state index in [9.17, 15) is 9.59 Å². The summed E-state index contributed by atoms with van der Waals surface area (Å²) >= 11 is 1.08. The molecule has 1 heterocycles. The van der Waals surface area contributed by atoms with Crippen molar-refractivity contribution in [1.82, 2.24) is 0 Å². The number of thioether (sulfide) groups is 1. The van der Waals surface area contributed by atoms with Crippen LogP contribution in [0.1, 0.15) is 16.7 Å². The SMILES string of the molecule is COCCOC(=O)C1=C(N)[C@H](C(=O)Nc2cccc(C#N)c2)SC1=Nc1ccc(C)cc1C. The van der Waals surface area contributed by atoms with Crippen molar-refractivity contribution < 1.29 is 19.1 Å². The van der Waals surface area contributed by atoms with Gasteiger partial charge in [0.25, 0.3) is 0 Å². The lowest BCUT2D eigenvalue weighted by atomic mass is 10.1. The number of nitrogens with two attached hydrogens (primary N) is 1. The molecule has 0 unspecified atom stereocenters. The molecule has 3 rings (SSSR count). The minimum absolute atomic E-state index is 0.0471. The van der Waals surface area contributed by atoms with Crippen LogP contribution >= 0.6 is 11.8 Å². The molecule has 0 fully saturated rings. The summed E-state index contributed by atoms with van der Waals surface area (Å²) in [5.74, 6) is -1.09. The number of nitrogens with zero attached hydrogens (tertiary/aromatic N) is 2. The number of nitrogens with one attached hydrogen (secondary N) is 1. The number of benzene rings is 2. The van der Waals surface area contributed by atoms with Crippen molar-refractivity contribution in [3.63, 3.8) is 0 Å². The van der Waals surface area contributed by atoms with E-state index in [4.69, 9.17) is 20.5 Å². The number of esters is 1. The van der Waals surface area contributed by atoms with Crippen LogP contribution in [0.2, 0.25) is 0 Å². The van der Waals surface area contributed by atoms with E-state index >= 15 is 0 Å². The summed E-state index contributed by atoms with van der Waals surface area (Å²) in [5.41, 5.74) is 9.96. The Hall–Kier alpha value is -3.61. The fourth-order valence-electron chi connectivity index (χ4n) is 3.18. The first kappa shape index (κ1) is 24.0. The first-order valence-electron chi connectivity index (χ1n) is 10.1. The highest BCUT2D eigenvalue weighted by molar-refractivity contribution is 8.16. The van der Waals surface area contributed by atoms with Gasteiger partial charge in [-0.3, -0.25) is 4.79 Å². The van der Waals surface area contributed by atoms with Crippen LogP contribution in [-0.4, -0.2) is 42.5 Å². The number of aliphatic imine (C=N–C) groups is 1. The predicted molar refractivity (Wildman–Crippen MR) is 128 cm³/mol. The summed E-state index contributed by atoms with van der Waals surface area (Å²) in [6.45, 7) is 4.18. The first-order valence-corrected chi connectivity index (χ1v) is 11.0. The average Bonchev–Trinajstić information content (AvgIpc) is 3.12.